The van der Waals surface area contributed by atoms with Crippen LogP contribution in [0, 0.1) is 0 Å². The Labute approximate surface area is 183 Å². The highest BCUT2D eigenvalue weighted by Crippen LogP contribution is 2.35. The molecule has 2 aliphatic rings. The van der Waals surface area contributed by atoms with E-state index in [9.17, 15) is 9.59 Å². The van der Waals surface area contributed by atoms with E-state index in [2.05, 4.69) is 31.3 Å². The summed E-state index contributed by atoms with van der Waals surface area (Å²) in [6, 6.07) is 17.1. The van der Waals surface area contributed by atoms with E-state index in [4.69, 9.17) is 11.6 Å². The Hall–Kier alpha value is -2.37. The fourth-order valence-corrected chi connectivity index (χ4v) is 5.06. The van der Waals surface area contributed by atoms with E-state index in [0.29, 0.717) is 42.9 Å². The predicted molar refractivity (Wildman–Crippen MR) is 118 cm³/mol. The number of hydrogen-bond donors (Lipinski definition) is 1. The zero-order chi connectivity index (χ0) is 21.3. The fourth-order valence-electron chi connectivity index (χ4n) is 4.84. The van der Waals surface area contributed by atoms with Crippen LogP contribution in [0.3, 0.4) is 0 Å². The molecule has 2 aromatic rings. The van der Waals surface area contributed by atoms with Gasteiger partial charge in [0.1, 0.15) is 0 Å². The Bertz CT molecular complexity index is 923. The topological polar surface area (TPSA) is 52.7 Å². The maximum atomic E-state index is 13.3. The average Bonchev–Trinajstić information content (AvgIpc) is 3.00. The Morgan fingerprint density at radius 3 is 2.37 bits per heavy atom. The number of amides is 2. The van der Waals surface area contributed by atoms with E-state index in [1.54, 1.807) is 12.1 Å². The Morgan fingerprint density at radius 2 is 1.73 bits per heavy atom. The van der Waals surface area contributed by atoms with Crippen LogP contribution in [0.1, 0.15) is 42.6 Å². The minimum atomic E-state index is -0.401. The number of benzene rings is 2. The molecule has 2 saturated heterocycles. The summed E-state index contributed by atoms with van der Waals surface area (Å²) in [7, 11) is 0. The molecule has 1 unspecified atom stereocenters. The van der Waals surface area contributed by atoms with Crippen molar-refractivity contribution in [1.82, 2.24) is 15.1 Å². The minimum Gasteiger partial charge on any atom is -0.338 e. The second kappa shape index (κ2) is 8.40. The second-order valence-corrected chi connectivity index (χ2v) is 8.90. The molecule has 1 N–H and O–H groups in total. The molecule has 2 aromatic carbocycles. The zero-order valence-electron chi connectivity index (χ0n) is 17.5. The molecule has 1 atom stereocenters. The molecule has 2 aliphatic heterocycles. The lowest BCUT2D eigenvalue weighted by Crippen LogP contribution is -2.61. The number of carbonyl (C=O) groups is 2. The summed E-state index contributed by atoms with van der Waals surface area (Å²) in [5, 5.41) is 4.13. The number of carbonyl (C=O) groups excluding carboxylic acids is 2. The number of piperidine rings is 1. The molecule has 0 bridgehead atoms. The normalized spacial score (nSPS) is 20.9. The van der Waals surface area contributed by atoms with E-state index in [-0.39, 0.29) is 23.9 Å². The highest BCUT2D eigenvalue weighted by atomic mass is 35.5. The summed E-state index contributed by atoms with van der Waals surface area (Å²) >= 11 is 6.23. The van der Waals surface area contributed by atoms with Crippen LogP contribution in [0.25, 0.3) is 0 Å². The predicted octanol–water partition coefficient (Wildman–Crippen LogP) is 3.72. The van der Waals surface area contributed by atoms with Crippen molar-refractivity contribution in [2.75, 3.05) is 13.1 Å². The monoisotopic (exact) mass is 425 g/mol. The number of likely N-dealkylation sites (tertiary alicyclic amines) is 1. The first kappa shape index (κ1) is 20.9. The molecule has 6 heteroatoms. The molecule has 0 radical (unpaired) electrons. The molecule has 0 aromatic heterocycles. The quantitative estimate of drug-likeness (QED) is 0.812. The van der Waals surface area contributed by atoms with Crippen LogP contribution in [0.15, 0.2) is 54.6 Å². The smallest absolute Gasteiger partial charge is 0.255 e. The fraction of sp³-hybridized carbons (Fsp3) is 0.417. The van der Waals surface area contributed by atoms with Crippen LogP contribution in [0.5, 0.6) is 0 Å². The van der Waals surface area contributed by atoms with Gasteiger partial charge in [-0.25, -0.2) is 0 Å². The number of halogens is 1. The molecular weight excluding hydrogens is 398 g/mol. The number of nitrogens with one attached hydrogen (secondary N) is 1. The van der Waals surface area contributed by atoms with Crippen LogP contribution in [0.2, 0.25) is 5.02 Å². The van der Waals surface area contributed by atoms with Crippen LogP contribution in [0.4, 0.5) is 0 Å². The Kier molecular flexibility index (Phi) is 5.85. The van der Waals surface area contributed by atoms with Crippen molar-refractivity contribution in [2.24, 2.45) is 0 Å². The maximum absolute atomic E-state index is 13.3. The van der Waals surface area contributed by atoms with E-state index in [0.717, 1.165) is 5.56 Å². The van der Waals surface area contributed by atoms with Crippen molar-refractivity contribution in [2.45, 2.75) is 50.9 Å². The van der Waals surface area contributed by atoms with Crippen LogP contribution >= 0.6 is 11.6 Å². The summed E-state index contributed by atoms with van der Waals surface area (Å²) in [6.45, 7) is 5.30. The molecule has 5 nitrogen and oxygen atoms in total. The summed E-state index contributed by atoms with van der Waals surface area (Å²) in [4.78, 5) is 30.1. The zero-order valence-corrected chi connectivity index (χ0v) is 18.2. The first-order valence-corrected chi connectivity index (χ1v) is 11.0. The van der Waals surface area contributed by atoms with Crippen molar-refractivity contribution in [3.63, 3.8) is 0 Å². The molecule has 2 heterocycles. The lowest BCUT2D eigenvalue weighted by Gasteiger charge is -2.46. The van der Waals surface area contributed by atoms with Crippen molar-refractivity contribution < 1.29 is 9.59 Å². The Balaban J connectivity index is 1.50. The number of hydrogen-bond acceptors (Lipinski definition) is 3. The van der Waals surface area contributed by atoms with E-state index >= 15 is 0 Å². The lowest BCUT2D eigenvalue weighted by molar-refractivity contribution is -0.135. The molecule has 30 heavy (non-hydrogen) atoms. The van der Waals surface area contributed by atoms with Crippen LogP contribution in [-0.2, 0) is 11.2 Å². The lowest BCUT2D eigenvalue weighted by atomic mass is 9.94. The van der Waals surface area contributed by atoms with Gasteiger partial charge < -0.3 is 9.80 Å². The van der Waals surface area contributed by atoms with Gasteiger partial charge in [0, 0.05) is 32.0 Å². The third-order valence-electron chi connectivity index (χ3n) is 6.22. The van der Waals surface area contributed by atoms with Gasteiger partial charge in [0.25, 0.3) is 5.91 Å². The highest BCUT2D eigenvalue weighted by Gasteiger charge is 2.52. The van der Waals surface area contributed by atoms with Gasteiger partial charge >= 0.3 is 0 Å². The summed E-state index contributed by atoms with van der Waals surface area (Å²) in [5.74, 6) is 0.108. The van der Waals surface area contributed by atoms with E-state index < -0.39 is 5.66 Å². The highest BCUT2D eigenvalue weighted by molar-refractivity contribution is 6.33. The van der Waals surface area contributed by atoms with E-state index in [1.807, 2.05) is 40.1 Å². The van der Waals surface area contributed by atoms with Crippen molar-refractivity contribution in [3.05, 3.63) is 70.7 Å². The number of nitrogens with zero attached hydrogens (tertiary/aromatic N) is 2. The van der Waals surface area contributed by atoms with Gasteiger partial charge in [-0.3, -0.25) is 14.9 Å². The molecule has 2 amide bonds. The third-order valence-corrected chi connectivity index (χ3v) is 6.55. The minimum absolute atomic E-state index is 0.0447. The molecule has 0 saturated carbocycles. The van der Waals surface area contributed by atoms with Gasteiger partial charge in [-0.2, -0.15) is 0 Å². The Morgan fingerprint density at radius 1 is 1.10 bits per heavy atom. The third kappa shape index (κ3) is 3.84. The first-order chi connectivity index (χ1) is 14.4. The van der Waals surface area contributed by atoms with Crippen molar-refractivity contribution in [3.8, 4) is 0 Å². The molecular formula is C24H28ClN3O2. The van der Waals surface area contributed by atoms with Gasteiger partial charge in [0.15, 0.2) is 0 Å². The molecule has 1 spiro atoms. The van der Waals surface area contributed by atoms with Gasteiger partial charge in [0.05, 0.1) is 22.3 Å². The largest absolute Gasteiger partial charge is 0.338 e. The first-order valence-electron chi connectivity index (χ1n) is 10.6. The standard InChI is InChI=1S/C24H28ClN3O2/c1-17(2)28-23(30)21(16-18-8-4-3-5-9-18)26-24(28)12-14-27(15-13-24)22(29)19-10-6-7-11-20(19)25/h3-11,17,21,26H,12-16H2,1-2H3. The SMILES string of the molecule is CC(C)N1C(=O)C(Cc2ccccc2)NC12CCN(C(=O)c1ccccc1Cl)CC2. The van der Waals surface area contributed by atoms with Crippen LogP contribution < -0.4 is 5.32 Å². The average molecular weight is 426 g/mol. The van der Waals surface area contributed by atoms with Gasteiger partial charge in [-0.15, -0.1) is 0 Å². The van der Waals surface area contributed by atoms with Crippen molar-refractivity contribution >= 4 is 23.4 Å². The van der Waals surface area contributed by atoms with Gasteiger partial charge in [0.2, 0.25) is 5.91 Å². The van der Waals surface area contributed by atoms with Gasteiger partial charge in [-0.1, -0.05) is 54.1 Å². The van der Waals surface area contributed by atoms with Crippen molar-refractivity contribution in [1.29, 1.82) is 0 Å². The molecule has 4 rings (SSSR count). The number of rotatable bonds is 4. The summed E-state index contributed by atoms with van der Waals surface area (Å²) < 4.78 is 0. The molecule has 2 fully saturated rings. The molecule has 0 aliphatic carbocycles. The second-order valence-electron chi connectivity index (χ2n) is 8.49. The van der Waals surface area contributed by atoms with E-state index in [1.165, 1.54) is 0 Å². The van der Waals surface area contributed by atoms with Crippen LogP contribution in [-0.4, -0.2) is 52.5 Å². The summed E-state index contributed by atoms with van der Waals surface area (Å²) in [5.41, 5.74) is 1.28. The maximum Gasteiger partial charge on any atom is 0.255 e. The van der Waals surface area contributed by atoms with Gasteiger partial charge in [-0.05, 0) is 38.0 Å². The molecule has 158 valence electrons. The summed E-state index contributed by atoms with van der Waals surface area (Å²) in [6.07, 6.45) is 2.09.